The molecule has 0 spiro atoms. The fraction of sp³-hybridized carbons (Fsp3) is 0.385. The first-order valence-corrected chi connectivity index (χ1v) is 5.82. The first-order chi connectivity index (χ1) is 8.58. The third kappa shape index (κ3) is 2.68. The van der Waals surface area contributed by atoms with Gasteiger partial charge in [-0.1, -0.05) is 30.3 Å². The van der Waals surface area contributed by atoms with Gasteiger partial charge < -0.3 is 15.1 Å². The van der Waals surface area contributed by atoms with E-state index in [0.29, 0.717) is 0 Å². The van der Waals surface area contributed by atoms with Crippen LogP contribution >= 0.6 is 0 Å². The zero-order valence-electron chi connectivity index (χ0n) is 9.82. The topological polar surface area (TPSA) is 77.8 Å². The number of aliphatic hydroxyl groups is 1. The quantitative estimate of drug-likeness (QED) is 0.806. The fourth-order valence-corrected chi connectivity index (χ4v) is 2.20. The fourth-order valence-electron chi connectivity index (χ4n) is 2.20. The molecule has 0 aliphatic carbocycles. The average Bonchev–Trinajstić information content (AvgIpc) is 2.73. The Balaban J connectivity index is 2.06. The highest BCUT2D eigenvalue weighted by molar-refractivity contribution is 5.85. The molecule has 1 fully saturated rings. The van der Waals surface area contributed by atoms with Crippen LogP contribution in [-0.4, -0.2) is 45.7 Å². The molecule has 18 heavy (non-hydrogen) atoms. The first-order valence-electron chi connectivity index (χ1n) is 5.82. The van der Waals surface area contributed by atoms with E-state index < -0.39 is 18.1 Å². The van der Waals surface area contributed by atoms with Gasteiger partial charge in [0.15, 0.2) is 0 Å². The van der Waals surface area contributed by atoms with Gasteiger partial charge >= 0.3 is 5.97 Å². The van der Waals surface area contributed by atoms with Crippen molar-refractivity contribution in [3.63, 3.8) is 0 Å². The molecule has 1 aliphatic rings. The normalized spacial score (nSPS) is 23.1. The molecule has 1 saturated heterocycles. The Bertz CT molecular complexity index is 446. The van der Waals surface area contributed by atoms with Gasteiger partial charge in [0.1, 0.15) is 6.04 Å². The Hall–Kier alpha value is -1.88. The largest absolute Gasteiger partial charge is 0.480 e. The number of hydrogen-bond donors (Lipinski definition) is 2. The van der Waals surface area contributed by atoms with E-state index in [1.54, 1.807) is 0 Å². The molecule has 1 aromatic rings. The molecule has 1 aromatic carbocycles. The lowest BCUT2D eigenvalue weighted by Gasteiger charge is -2.21. The number of rotatable bonds is 3. The van der Waals surface area contributed by atoms with Crippen molar-refractivity contribution in [2.45, 2.75) is 25.0 Å². The van der Waals surface area contributed by atoms with E-state index >= 15 is 0 Å². The summed E-state index contributed by atoms with van der Waals surface area (Å²) in [5.74, 6) is -1.32. The second-order valence-electron chi connectivity index (χ2n) is 4.45. The molecule has 96 valence electrons. The maximum atomic E-state index is 12.0. The van der Waals surface area contributed by atoms with Crippen molar-refractivity contribution in [3.8, 4) is 0 Å². The Labute approximate surface area is 105 Å². The Morgan fingerprint density at radius 1 is 1.28 bits per heavy atom. The van der Waals surface area contributed by atoms with Crippen LogP contribution < -0.4 is 0 Å². The highest BCUT2D eigenvalue weighted by Crippen LogP contribution is 2.19. The zero-order valence-corrected chi connectivity index (χ0v) is 9.82. The molecule has 1 unspecified atom stereocenters. The van der Waals surface area contributed by atoms with E-state index in [2.05, 4.69) is 0 Å². The molecule has 5 nitrogen and oxygen atoms in total. The number of carbonyl (C=O) groups is 2. The van der Waals surface area contributed by atoms with Crippen LogP contribution in [0, 0.1) is 0 Å². The number of carbonyl (C=O) groups excluding carboxylic acids is 1. The van der Waals surface area contributed by atoms with Gasteiger partial charge in [-0.05, 0) is 5.56 Å². The second kappa shape index (κ2) is 5.18. The monoisotopic (exact) mass is 249 g/mol. The Kier molecular flexibility index (Phi) is 3.62. The summed E-state index contributed by atoms with van der Waals surface area (Å²) in [7, 11) is 0. The Morgan fingerprint density at radius 3 is 2.56 bits per heavy atom. The van der Waals surface area contributed by atoms with E-state index in [9.17, 15) is 14.7 Å². The lowest BCUT2D eigenvalue weighted by Crippen LogP contribution is -2.41. The molecule has 2 rings (SSSR count). The van der Waals surface area contributed by atoms with E-state index in [1.807, 2.05) is 30.3 Å². The molecule has 1 amide bonds. The van der Waals surface area contributed by atoms with Crippen molar-refractivity contribution in [1.29, 1.82) is 0 Å². The molecule has 2 N–H and O–H groups in total. The van der Waals surface area contributed by atoms with Gasteiger partial charge in [-0.2, -0.15) is 0 Å². The Morgan fingerprint density at radius 2 is 1.94 bits per heavy atom. The number of β-amino-alcohol motifs (C(OH)–C–C–N with tert-alkyl or cyclic N) is 1. The number of amides is 1. The lowest BCUT2D eigenvalue weighted by atomic mass is 10.1. The summed E-state index contributed by atoms with van der Waals surface area (Å²) in [6, 6.07) is 8.25. The van der Waals surface area contributed by atoms with Crippen molar-refractivity contribution in [3.05, 3.63) is 35.9 Å². The summed E-state index contributed by atoms with van der Waals surface area (Å²) in [6.45, 7) is 0.0998. The third-order valence-corrected chi connectivity index (χ3v) is 3.08. The van der Waals surface area contributed by atoms with Crippen LogP contribution in [-0.2, 0) is 16.0 Å². The van der Waals surface area contributed by atoms with Crippen LogP contribution in [0.15, 0.2) is 30.3 Å². The van der Waals surface area contributed by atoms with E-state index in [1.165, 1.54) is 4.90 Å². The second-order valence-corrected chi connectivity index (χ2v) is 4.45. The molecule has 0 radical (unpaired) electrons. The highest BCUT2D eigenvalue weighted by Gasteiger charge is 2.38. The van der Waals surface area contributed by atoms with Crippen LogP contribution in [0.5, 0.6) is 0 Å². The van der Waals surface area contributed by atoms with Gasteiger partial charge in [-0.25, -0.2) is 4.79 Å². The number of aliphatic hydroxyl groups excluding tert-OH is 1. The number of carboxylic acid groups (broad SMARTS) is 1. The zero-order chi connectivity index (χ0) is 13.1. The minimum Gasteiger partial charge on any atom is -0.480 e. The van der Waals surface area contributed by atoms with Crippen LogP contribution in [0.4, 0.5) is 0 Å². The van der Waals surface area contributed by atoms with Gasteiger partial charge in [-0.3, -0.25) is 4.79 Å². The number of nitrogens with zero attached hydrogens (tertiary/aromatic N) is 1. The van der Waals surface area contributed by atoms with Crippen molar-refractivity contribution in [2.24, 2.45) is 0 Å². The number of hydrogen-bond acceptors (Lipinski definition) is 3. The maximum absolute atomic E-state index is 12.0. The molecule has 2 atom stereocenters. The molecule has 0 aromatic heterocycles. The number of benzene rings is 1. The molecular formula is C13H15NO4. The van der Waals surface area contributed by atoms with Crippen LogP contribution in [0.25, 0.3) is 0 Å². The predicted octanol–water partition coefficient (Wildman–Crippen LogP) is 0.275. The minimum atomic E-state index is -1.06. The summed E-state index contributed by atoms with van der Waals surface area (Å²) < 4.78 is 0. The van der Waals surface area contributed by atoms with E-state index in [0.717, 1.165) is 5.56 Å². The SMILES string of the molecule is O=C(O)[C@@H]1CC(O)CN1C(=O)Cc1ccccc1. The van der Waals surface area contributed by atoms with Gasteiger partial charge in [0.2, 0.25) is 5.91 Å². The number of aliphatic carboxylic acids is 1. The molecular weight excluding hydrogens is 234 g/mol. The molecule has 1 heterocycles. The van der Waals surface area contributed by atoms with Crippen molar-refractivity contribution < 1.29 is 19.8 Å². The molecule has 5 heteroatoms. The van der Waals surface area contributed by atoms with Crippen LogP contribution in [0.2, 0.25) is 0 Å². The smallest absolute Gasteiger partial charge is 0.326 e. The average molecular weight is 249 g/mol. The van der Waals surface area contributed by atoms with Crippen molar-refractivity contribution >= 4 is 11.9 Å². The summed E-state index contributed by atoms with van der Waals surface area (Å²) in [4.78, 5) is 24.3. The van der Waals surface area contributed by atoms with E-state index in [-0.39, 0.29) is 25.3 Å². The van der Waals surface area contributed by atoms with Gasteiger partial charge in [0, 0.05) is 13.0 Å². The van der Waals surface area contributed by atoms with Gasteiger partial charge in [0.25, 0.3) is 0 Å². The van der Waals surface area contributed by atoms with Crippen LogP contribution in [0.1, 0.15) is 12.0 Å². The molecule has 0 saturated carbocycles. The van der Waals surface area contributed by atoms with Gasteiger partial charge in [-0.15, -0.1) is 0 Å². The first kappa shape index (κ1) is 12.6. The van der Waals surface area contributed by atoms with Crippen LogP contribution in [0.3, 0.4) is 0 Å². The predicted molar refractivity (Wildman–Crippen MR) is 63.9 cm³/mol. The number of likely N-dealkylation sites (tertiary alicyclic amines) is 1. The maximum Gasteiger partial charge on any atom is 0.326 e. The van der Waals surface area contributed by atoms with Crippen molar-refractivity contribution in [2.75, 3.05) is 6.54 Å². The summed E-state index contributed by atoms with van der Waals surface area (Å²) in [6.07, 6.45) is -0.474. The summed E-state index contributed by atoms with van der Waals surface area (Å²) in [5.41, 5.74) is 0.841. The summed E-state index contributed by atoms with van der Waals surface area (Å²) in [5, 5.41) is 18.5. The number of carboxylic acids is 1. The van der Waals surface area contributed by atoms with Gasteiger partial charge in [0.05, 0.1) is 12.5 Å². The molecule has 1 aliphatic heterocycles. The summed E-state index contributed by atoms with van der Waals surface area (Å²) >= 11 is 0. The standard InChI is InChI=1S/C13H15NO4/c15-10-7-11(13(17)18)14(8-10)12(16)6-9-4-2-1-3-5-9/h1-5,10-11,15H,6-8H2,(H,17,18)/t10?,11-/m0/s1. The molecule has 0 bridgehead atoms. The third-order valence-electron chi connectivity index (χ3n) is 3.08. The highest BCUT2D eigenvalue weighted by atomic mass is 16.4. The minimum absolute atomic E-state index is 0.0998. The van der Waals surface area contributed by atoms with Crippen molar-refractivity contribution in [1.82, 2.24) is 4.90 Å². The van der Waals surface area contributed by atoms with E-state index in [4.69, 9.17) is 5.11 Å². The lowest BCUT2D eigenvalue weighted by molar-refractivity contribution is -0.148.